The Kier molecular flexibility index (Phi) is 19.1. The molecule has 2 aliphatic rings. The van der Waals surface area contributed by atoms with E-state index in [-0.39, 0.29) is 0 Å². The Labute approximate surface area is 353 Å². The SMILES string of the molecule is C=CCOP(=O)(OCC=C)C(C[C@H]1O[C@H](COC(C)=O)[C@@H](OC(C)=O)[C@H](OC(C)=O)[C@H]1NC(C)=O)OP(=O)(O)OC[C@H]1O[C@@H](n2ccc(=O)[nH]c2=O)[C@H](OC(C)=O)[C@@H]1OC(C)=O. The first-order valence-corrected chi connectivity index (χ1v) is 21.6. The highest BCUT2D eigenvalue weighted by atomic mass is 31.2. The number of carbonyl (C=O) groups is 6. The molecule has 2 unspecified atom stereocenters. The number of amides is 1. The van der Waals surface area contributed by atoms with Gasteiger partial charge in [0.1, 0.15) is 18.8 Å². The van der Waals surface area contributed by atoms with Gasteiger partial charge in [-0.2, -0.15) is 0 Å². The van der Waals surface area contributed by atoms with Gasteiger partial charge in [0.15, 0.2) is 36.5 Å². The zero-order valence-corrected chi connectivity index (χ0v) is 36.2. The first-order valence-electron chi connectivity index (χ1n) is 18.5. The second-order valence-corrected chi connectivity index (χ2v) is 17.0. The van der Waals surface area contributed by atoms with Crippen LogP contribution >= 0.6 is 15.4 Å². The fraction of sp³-hybridized carbons (Fsp3) is 0.600. The van der Waals surface area contributed by atoms with E-state index in [0.29, 0.717) is 0 Å². The zero-order valence-electron chi connectivity index (χ0n) is 34.4. The average molecular weight is 926 g/mol. The summed E-state index contributed by atoms with van der Waals surface area (Å²) in [7, 11) is -10.5. The van der Waals surface area contributed by atoms with Crippen LogP contribution in [0.3, 0.4) is 0 Å². The molecule has 3 rings (SSSR count). The van der Waals surface area contributed by atoms with Gasteiger partial charge in [0.25, 0.3) is 5.56 Å². The fourth-order valence-corrected chi connectivity index (χ4v) is 9.38. The highest BCUT2D eigenvalue weighted by molar-refractivity contribution is 7.55. The van der Waals surface area contributed by atoms with Gasteiger partial charge in [0.2, 0.25) is 5.91 Å². The summed E-state index contributed by atoms with van der Waals surface area (Å²) in [6.07, 6.45) is -10.2. The van der Waals surface area contributed by atoms with E-state index in [4.69, 9.17) is 51.3 Å². The minimum Gasteiger partial charge on any atom is -0.463 e. The number of ether oxygens (including phenoxy) is 7. The largest absolute Gasteiger partial charge is 0.473 e. The Hall–Kier alpha value is -4.84. The molecule has 3 N–H and O–H groups in total. The molecule has 25 nitrogen and oxygen atoms in total. The number of esters is 5. The lowest BCUT2D eigenvalue weighted by Crippen LogP contribution is -2.66. The maximum absolute atomic E-state index is 14.6. The Balaban J connectivity index is 2.11. The number of nitrogens with zero attached hydrogens (tertiary/aromatic N) is 1. The molecular formula is C35H49N3O22P2. The predicted octanol–water partition coefficient (Wildman–Crippen LogP) is 0.444. The van der Waals surface area contributed by atoms with Crippen molar-refractivity contribution in [2.75, 3.05) is 26.4 Å². The first kappa shape index (κ1) is 51.5. The molecule has 0 aromatic carbocycles. The molecule has 1 aromatic heterocycles. The van der Waals surface area contributed by atoms with E-state index in [9.17, 15) is 52.4 Å². The number of hydrogen-bond acceptors (Lipinski definition) is 21. The van der Waals surface area contributed by atoms with E-state index in [1.165, 1.54) is 0 Å². The normalized spacial score (nSPS) is 26.1. The smallest absolute Gasteiger partial charge is 0.463 e. The van der Waals surface area contributed by atoms with Crippen LogP contribution in [0.1, 0.15) is 54.2 Å². The van der Waals surface area contributed by atoms with E-state index in [1.54, 1.807) is 0 Å². The minimum absolute atomic E-state index is 0.506. The number of rotatable bonds is 22. The van der Waals surface area contributed by atoms with Crippen molar-refractivity contribution < 1.29 is 94.0 Å². The van der Waals surface area contributed by atoms with Gasteiger partial charge in [-0.25, -0.2) is 9.36 Å². The number of aromatic amines is 1. The highest BCUT2D eigenvalue weighted by Crippen LogP contribution is 2.61. The van der Waals surface area contributed by atoms with Crippen LogP contribution in [0, 0.1) is 0 Å². The van der Waals surface area contributed by atoms with E-state index < -0.39 is 156 Å². The third-order valence-electron chi connectivity index (χ3n) is 8.42. The molecule has 0 saturated carbocycles. The quantitative estimate of drug-likeness (QED) is 0.0615. The molecule has 346 valence electrons. The fourth-order valence-electron chi connectivity index (χ4n) is 6.27. The van der Waals surface area contributed by atoms with Crippen LogP contribution in [-0.2, 0) is 89.2 Å². The summed E-state index contributed by atoms with van der Waals surface area (Å²) in [6.45, 7) is 10.4. The van der Waals surface area contributed by atoms with Gasteiger partial charge >= 0.3 is 51.0 Å². The first-order chi connectivity index (χ1) is 29.0. The third kappa shape index (κ3) is 14.9. The molecule has 0 spiro atoms. The molecular weight excluding hydrogens is 876 g/mol. The van der Waals surface area contributed by atoms with Gasteiger partial charge in [-0.15, -0.1) is 13.2 Å². The van der Waals surface area contributed by atoms with Crippen molar-refractivity contribution in [1.29, 1.82) is 0 Å². The molecule has 2 fully saturated rings. The molecule has 1 amide bonds. The third-order valence-corrected chi connectivity index (χ3v) is 11.6. The van der Waals surface area contributed by atoms with Crippen molar-refractivity contribution in [3.8, 4) is 0 Å². The lowest BCUT2D eigenvalue weighted by molar-refractivity contribution is -0.225. The summed E-state index contributed by atoms with van der Waals surface area (Å²) >= 11 is 0. The van der Waals surface area contributed by atoms with Crippen LogP contribution < -0.4 is 16.6 Å². The average Bonchev–Trinajstić information content (AvgIpc) is 3.47. The number of phosphoric acid groups is 1. The summed E-state index contributed by atoms with van der Waals surface area (Å²) < 4.78 is 89.7. The summed E-state index contributed by atoms with van der Waals surface area (Å²) in [4.78, 5) is 111. The second kappa shape index (κ2) is 23.0. The van der Waals surface area contributed by atoms with Gasteiger partial charge in [-0.05, 0) is 0 Å². The van der Waals surface area contributed by atoms with Gasteiger partial charge in [-0.3, -0.25) is 56.7 Å². The Morgan fingerprint density at radius 1 is 0.774 bits per heavy atom. The molecule has 62 heavy (non-hydrogen) atoms. The second-order valence-electron chi connectivity index (χ2n) is 13.4. The maximum Gasteiger partial charge on any atom is 0.473 e. The number of phosphoric ester groups is 1. The zero-order chi connectivity index (χ0) is 46.5. The van der Waals surface area contributed by atoms with E-state index in [0.717, 1.165) is 70.5 Å². The lowest BCUT2D eigenvalue weighted by Gasteiger charge is -2.46. The number of H-pyrrole nitrogens is 1. The molecule has 11 atom stereocenters. The minimum atomic E-state index is -5.60. The Bertz CT molecular complexity index is 2020. The van der Waals surface area contributed by atoms with E-state index in [1.807, 2.05) is 4.98 Å². The van der Waals surface area contributed by atoms with Gasteiger partial charge in [0.05, 0.1) is 32.0 Å². The number of carbonyl (C=O) groups excluding carboxylic acids is 6. The lowest BCUT2D eigenvalue weighted by atomic mass is 9.90. The van der Waals surface area contributed by atoms with Crippen molar-refractivity contribution >= 4 is 51.2 Å². The topological polar surface area (TPSA) is 325 Å². The van der Waals surface area contributed by atoms with Gasteiger partial charge in [0, 0.05) is 60.2 Å². The molecule has 3 heterocycles. The molecule has 1 aromatic rings. The molecule has 27 heteroatoms. The van der Waals surface area contributed by atoms with Crippen LogP contribution in [-0.4, -0.2) is 131 Å². The van der Waals surface area contributed by atoms with Crippen LogP contribution in [0.2, 0.25) is 0 Å². The number of aromatic nitrogens is 2. The van der Waals surface area contributed by atoms with Gasteiger partial charge in [-0.1, -0.05) is 12.2 Å². The van der Waals surface area contributed by atoms with E-state index >= 15 is 0 Å². The maximum atomic E-state index is 14.6. The van der Waals surface area contributed by atoms with Crippen molar-refractivity contribution in [1.82, 2.24) is 14.9 Å². The molecule has 0 radical (unpaired) electrons. The highest BCUT2D eigenvalue weighted by Gasteiger charge is 2.55. The Morgan fingerprint density at radius 3 is 1.79 bits per heavy atom. The summed E-state index contributed by atoms with van der Waals surface area (Å²) in [5.74, 6) is -7.49. The molecule has 0 bridgehead atoms. The molecule has 0 aliphatic carbocycles. The van der Waals surface area contributed by atoms with Crippen molar-refractivity contribution in [2.24, 2.45) is 0 Å². The monoisotopic (exact) mass is 925 g/mol. The number of hydrogen-bond donors (Lipinski definition) is 3. The summed E-state index contributed by atoms with van der Waals surface area (Å²) in [6, 6.07) is -0.581. The summed E-state index contributed by atoms with van der Waals surface area (Å²) in [5.41, 5.74) is -1.83. The van der Waals surface area contributed by atoms with Crippen molar-refractivity contribution in [3.05, 3.63) is 58.4 Å². The predicted molar refractivity (Wildman–Crippen MR) is 206 cm³/mol. The standard InChI is InChI=1S/C35H49N3O22P2/c1-9-13-51-61(47,52-14-10-2)28(15-24-29(36-18(3)39)32(56-22(7)43)30(54-20(5)41)25(58-24)16-50-19(4)40)60-62(48,49)53-17-26-31(55-21(6)42)33(57-23(8)44)34(59-26)38-12-11-27(45)37-35(38)46/h9-12,24-26,28-34H,1-2,13-17H2,3-8H3,(H,36,39)(H,48,49)(H,37,45,46)/t24-,25-,26-,28?,29+,30-,31-,32-,33-,34-/m1/s1. The van der Waals surface area contributed by atoms with Crippen molar-refractivity contribution in [3.63, 3.8) is 0 Å². The number of nitrogens with one attached hydrogen (secondary N) is 2. The van der Waals surface area contributed by atoms with Crippen molar-refractivity contribution in [2.45, 2.75) is 109 Å². The van der Waals surface area contributed by atoms with Crippen LogP contribution in [0.5, 0.6) is 0 Å². The van der Waals surface area contributed by atoms with Gasteiger partial charge < -0.3 is 52.4 Å². The molecule has 2 saturated heterocycles. The van der Waals surface area contributed by atoms with E-state index in [2.05, 4.69) is 18.5 Å². The summed E-state index contributed by atoms with van der Waals surface area (Å²) in [5, 5.41) is 2.51. The van der Waals surface area contributed by atoms with Crippen LogP contribution in [0.15, 0.2) is 47.2 Å². The van der Waals surface area contributed by atoms with Crippen LogP contribution in [0.25, 0.3) is 0 Å². The van der Waals surface area contributed by atoms with Crippen LogP contribution in [0.4, 0.5) is 0 Å². The Morgan fingerprint density at radius 2 is 1.29 bits per heavy atom. The molecule has 2 aliphatic heterocycles.